The van der Waals surface area contributed by atoms with E-state index in [0.717, 1.165) is 31.8 Å². The van der Waals surface area contributed by atoms with Crippen LogP contribution in [-0.4, -0.2) is 36.4 Å². The Balaban J connectivity index is 1.58. The van der Waals surface area contributed by atoms with Gasteiger partial charge < -0.3 is 4.74 Å². The van der Waals surface area contributed by atoms with Gasteiger partial charge in [0, 0.05) is 38.4 Å². The Kier molecular flexibility index (Phi) is 3.08. The Hall–Kier alpha value is -1.35. The van der Waals surface area contributed by atoms with E-state index >= 15 is 0 Å². The van der Waals surface area contributed by atoms with Crippen molar-refractivity contribution in [1.82, 2.24) is 4.90 Å². The Labute approximate surface area is 108 Å². The number of benzene rings is 1. The van der Waals surface area contributed by atoms with Gasteiger partial charge in [-0.25, -0.2) is 0 Å². The van der Waals surface area contributed by atoms with Gasteiger partial charge in [0.2, 0.25) is 0 Å². The van der Waals surface area contributed by atoms with E-state index in [-0.39, 0.29) is 12.0 Å². The predicted octanol–water partition coefficient (Wildman–Crippen LogP) is 1.90. The maximum absolute atomic E-state index is 11.5. The number of ether oxygens (including phenoxy) is 1. The highest BCUT2D eigenvalue weighted by atomic mass is 16.5. The lowest BCUT2D eigenvalue weighted by Gasteiger charge is -2.31. The maximum Gasteiger partial charge on any atom is 0.138 e. The fourth-order valence-electron chi connectivity index (χ4n) is 2.90. The smallest absolute Gasteiger partial charge is 0.138 e. The molecular formula is C15H19NO2. The van der Waals surface area contributed by atoms with E-state index in [1.54, 1.807) is 0 Å². The molecule has 1 saturated heterocycles. The highest BCUT2D eigenvalue weighted by Crippen LogP contribution is 2.28. The Morgan fingerprint density at radius 2 is 2.22 bits per heavy atom. The number of rotatable bonds is 2. The molecule has 2 aliphatic heterocycles. The minimum Gasteiger partial charge on any atom is -0.488 e. The van der Waals surface area contributed by atoms with E-state index in [1.807, 2.05) is 19.1 Å². The highest BCUT2D eigenvalue weighted by molar-refractivity contribution is 5.81. The third kappa shape index (κ3) is 2.27. The van der Waals surface area contributed by atoms with Gasteiger partial charge in [-0.05, 0) is 11.6 Å². The second-order valence-electron chi connectivity index (χ2n) is 5.43. The minimum absolute atomic E-state index is 0.183. The largest absolute Gasteiger partial charge is 0.488 e. The van der Waals surface area contributed by atoms with E-state index in [1.165, 1.54) is 5.56 Å². The number of likely N-dealkylation sites (tertiary alicyclic amines) is 1. The molecule has 0 N–H and O–H groups in total. The molecule has 1 aromatic rings. The zero-order valence-electron chi connectivity index (χ0n) is 10.8. The molecule has 3 rings (SSSR count). The van der Waals surface area contributed by atoms with Crippen LogP contribution >= 0.6 is 0 Å². The minimum atomic E-state index is 0.183. The van der Waals surface area contributed by atoms with Gasteiger partial charge in [0.05, 0.1) is 0 Å². The average molecular weight is 245 g/mol. The number of ketones is 1. The molecule has 0 aromatic heterocycles. The van der Waals surface area contributed by atoms with E-state index in [9.17, 15) is 4.79 Å². The van der Waals surface area contributed by atoms with E-state index in [2.05, 4.69) is 17.0 Å². The summed E-state index contributed by atoms with van der Waals surface area (Å²) in [4.78, 5) is 13.9. The lowest BCUT2D eigenvalue weighted by atomic mass is 9.98. The molecule has 2 aliphatic rings. The number of fused-ring (bicyclic) bond motifs is 1. The number of hydrogen-bond donors (Lipinski definition) is 0. The summed E-state index contributed by atoms with van der Waals surface area (Å²) in [6.45, 7) is 4.74. The number of carbonyl (C=O) groups excluding carboxylic acids is 1. The molecule has 3 nitrogen and oxygen atoms in total. The standard InChI is InChI=1S/C15H19NO2/c1-11-9-16(7-6-14(11)17)10-13-8-12-4-2-3-5-15(12)18-13/h2-5,11,13H,6-10H2,1H3. The molecule has 96 valence electrons. The van der Waals surface area contributed by atoms with Crippen LogP contribution in [0.2, 0.25) is 0 Å². The van der Waals surface area contributed by atoms with Crippen molar-refractivity contribution in [3.63, 3.8) is 0 Å². The van der Waals surface area contributed by atoms with Crippen LogP contribution in [0.1, 0.15) is 18.9 Å². The normalized spacial score (nSPS) is 27.9. The van der Waals surface area contributed by atoms with Crippen LogP contribution in [0.5, 0.6) is 5.75 Å². The van der Waals surface area contributed by atoms with Gasteiger partial charge >= 0.3 is 0 Å². The van der Waals surface area contributed by atoms with Crippen molar-refractivity contribution in [1.29, 1.82) is 0 Å². The van der Waals surface area contributed by atoms with Gasteiger partial charge in [0.25, 0.3) is 0 Å². The average Bonchev–Trinajstić information content (AvgIpc) is 2.76. The summed E-state index contributed by atoms with van der Waals surface area (Å²) in [5.74, 6) is 1.62. The summed E-state index contributed by atoms with van der Waals surface area (Å²) in [6.07, 6.45) is 1.94. The molecular weight excluding hydrogens is 226 g/mol. The topological polar surface area (TPSA) is 29.5 Å². The summed E-state index contributed by atoms with van der Waals surface area (Å²) in [7, 11) is 0. The number of Topliss-reactive ketones (excluding diaryl/α,β-unsaturated/α-hetero) is 1. The summed E-state index contributed by atoms with van der Waals surface area (Å²) in [5, 5.41) is 0. The van der Waals surface area contributed by atoms with Crippen LogP contribution in [0.15, 0.2) is 24.3 Å². The Morgan fingerprint density at radius 1 is 1.39 bits per heavy atom. The molecule has 18 heavy (non-hydrogen) atoms. The van der Waals surface area contributed by atoms with Gasteiger partial charge in [0.15, 0.2) is 0 Å². The van der Waals surface area contributed by atoms with Crippen molar-refractivity contribution in [2.75, 3.05) is 19.6 Å². The summed E-state index contributed by atoms with van der Waals surface area (Å²) >= 11 is 0. The lowest BCUT2D eigenvalue weighted by Crippen LogP contribution is -2.44. The third-order valence-corrected chi connectivity index (χ3v) is 3.93. The first-order valence-electron chi connectivity index (χ1n) is 6.72. The number of nitrogens with zero attached hydrogens (tertiary/aromatic N) is 1. The van der Waals surface area contributed by atoms with Gasteiger partial charge in [-0.2, -0.15) is 0 Å². The summed E-state index contributed by atoms with van der Waals surface area (Å²) < 4.78 is 5.95. The predicted molar refractivity (Wildman–Crippen MR) is 69.8 cm³/mol. The molecule has 0 saturated carbocycles. The van der Waals surface area contributed by atoms with Gasteiger partial charge in [-0.1, -0.05) is 25.1 Å². The SMILES string of the molecule is CC1CN(CC2Cc3ccccc3O2)CCC1=O. The lowest BCUT2D eigenvalue weighted by molar-refractivity contribution is -0.125. The van der Waals surface area contributed by atoms with E-state index < -0.39 is 0 Å². The van der Waals surface area contributed by atoms with Crippen LogP contribution in [0.25, 0.3) is 0 Å². The molecule has 0 aliphatic carbocycles. The van der Waals surface area contributed by atoms with Crippen LogP contribution in [0, 0.1) is 5.92 Å². The van der Waals surface area contributed by atoms with Crippen molar-refractivity contribution < 1.29 is 9.53 Å². The molecule has 2 atom stereocenters. The third-order valence-electron chi connectivity index (χ3n) is 3.93. The molecule has 2 unspecified atom stereocenters. The van der Waals surface area contributed by atoms with Crippen molar-refractivity contribution >= 4 is 5.78 Å². The molecule has 0 spiro atoms. The van der Waals surface area contributed by atoms with Crippen molar-refractivity contribution in [2.45, 2.75) is 25.9 Å². The number of hydrogen-bond acceptors (Lipinski definition) is 3. The van der Waals surface area contributed by atoms with Crippen LogP contribution in [-0.2, 0) is 11.2 Å². The zero-order chi connectivity index (χ0) is 12.5. The van der Waals surface area contributed by atoms with Crippen LogP contribution in [0.3, 0.4) is 0 Å². The van der Waals surface area contributed by atoms with Crippen molar-refractivity contribution in [3.8, 4) is 5.75 Å². The Morgan fingerprint density at radius 3 is 3.00 bits per heavy atom. The Bertz CT molecular complexity index is 433. The van der Waals surface area contributed by atoms with Gasteiger partial charge in [0.1, 0.15) is 17.6 Å². The number of piperidine rings is 1. The molecule has 0 radical (unpaired) electrons. The summed E-state index contributed by atoms with van der Waals surface area (Å²) in [6, 6.07) is 8.25. The molecule has 1 aromatic carbocycles. The maximum atomic E-state index is 11.5. The van der Waals surface area contributed by atoms with Gasteiger partial charge in [-0.15, -0.1) is 0 Å². The second-order valence-corrected chi connectivity index (χ2v) is 5.43. The van der Waals surface area contributed by atoms with E-state index in [0.29, 0.717) is 12.2 Å². The number of para-hydroxylation sites is 1. The van der Waals surface area contributed by atoms with Gasteiger partial charge in [-0.3, -0.25) is 9.69 Å². The van der Waals surface area contributed by atoms with Crippen LogP contribution in [0.4, 0.5) is 0 Å². The highest BCUT2D eigenvalue weighted by Gasteiger charge is 2.28. The first-order valence-corrected chi connectivity index (χ1v) is 6.72. The van der Waals surface area contributed by atoms with Crippen LogP contribution < -0.4 is 4.74 Å². The molecule has 3 heteroatoms. The zero-order valence-corrected chi connectivity index (χ0v) is 10.8. The van der Waals surface area contributed by atoms with Crippen molar-refractivity contribution in [3.05, 3.63) is 29.8 Å². The monoisotopic (exact) mass is 245 g/mol. The second kappa shape index (κ2) is 4.73. The fourth-order valence-corrected chi connectivity index (χ4v) is 2.90. The molecule has 0 bridgehead atoms. The first-order chi connectivity index (χ1) is 8.72. The van der Waals surface area contributed by atoms with E-state index in [4.69, 9.17) is 4.74 Å². The molecule has 0 amide bonds. The summed E-state index contributed by atoms with van der Waals surface area (Å²) in [5.41, 5.74) is 1.31. The first kappa shape index (κ1) is 11.7. The fraction of sp³-hybridized carbons (Fsp3) is 0.533. The molecule has 1 fully saturated rings. The quantitative estimate of drug-likeness (QED) is 0.797. The molecule has 2 heterocycles. The van der Waals surface area contributed by atoms with Crippen molar-refractivity contribution in [2.24, 2.45) is 5.92 Å². The number of carbonyl (C=O) groups is 1.